The van der Waals surface area contributed by atoms with Crippen molar-refractivity contribution in [2.24, 2.45) is 5.92 Å². The van der Waals surface area contributed by atoms with Gasteiger partial charge in [-0.1, -0.05) is 19.4 Å². The van der Waals surface area contributed by atoms with E-state index in [1.807, 2.05) is 13.0 Å². The molecule has 0 aromatic carbocycles. The minimum atomic E-state index is -0.757. The normalized spacial score (nSPS) is 30.3. The molecule has 1 aliphatic heterocycles. The Morgan fingerprint density at radius 1 is 1.35 bits per heavy atom. The van der Waals surface area contributed by atoms with Crippen LogP contribution < -0.4 is 0 Å². The van der Waals surface area contributed by atoms with Crippen LogP contribution in [0.15, 0.2) is 11.6 Å². The van der Waals surface area contributed by atoms with Crippen molar-refractivity contribution in [3.05, 3.63) is 11.6 Å². The molecule has 0 aromatic rings. The number of fused-ring (bicyclic) bond motifs is 1. The van der Waals surface area contributed by atoms with Crippen molar-refractivity contribution in [1.82, 2.24) is 4.90 Å². The van der Waals surface area contributed by atoms with Gasteiger partial charge in [-0.3, -0.25) is 4.90 Å². The van der Waals surface area contributed by atoms with Crippen LogP contribution in [0.5, 0.6) is 0 Å². The molecule has 3 heteroatoms. The van der Waals surface area contributed by atoms with Crippen molar-refractivity contribution in [1.29, 1.82) is 0 Å². The summed E-state index contributed by atoms with van der Waals surface area (Å²) in [5, 5.41) is 9.00. The zero-order valence-electron chi connectivity index (χ0n) is 10.7. The summed E-state index contributed by atoms with van der Waals surface area (Å²) in [7, 11) is 0. The van der Waals surface area contributed by atoms with Gasteiger partial charge in [0.15, 0.2) is 0 Å². The van der Waals surface area contributed by atoms with Crippen molar-refractivity contribution in [2.45, 2.75) is 51.5 Å². The van der Waals surface area contributed by atoms with E-state index in [9.17, 15) is 4.79 Å². The fourth-order valence-corrected chi connectivity index (χ4v) is 3.39. The number of piperidine rings is 1. The van der Waals surface area contributed by atoms with E-state index >= 15 is 0 Å². The van der Waals surface area contributed by atoms with Gasteiger partial charge in [-0.25, -0.2) is 4.79 Å². The summed E-state index contributed by atoms with van der Waals surface area (Å²) >= 11 is 0. The zero-order valence-corrected chi connectivity index (χ0v) is 10.7. The Balaban J connectivity index is 1.95. The van der Waals surface area contributed by atoms with Crippen LogP contribution in [0.3, 0.4) is 0 Å². The Morgan fingerprint density at radius 2 is 2.12 bits per heavy atom. The van der Waals surface area contributed by atoms with Gasteiger partial charge in [0, 0.05) is 18.2 Å². The van der Waals surface area contributed by atoms with Crippen molar-refractivity contribution in [3.63, 3.8) is 0 Å². The quantitative estimate of drug-likeness (QED) is 0.764. The molecule has 2 unspecified atom stereocenters. The maximum atomic E-state index is 10.9. The lowest BCUT2D eigenvalue weighted by Crippen LogP contribution is -2.42. The minimum absolute atomic E-state index is 0.560. The second kappa shape index (κ2) is 5.67. The first-order valence-electron chi connectivity index (χ1n) is 6.88. The number of aliphatic carboxylic acids is 1. The summed E-state index contributed by atoms with van der Waals surface area (Å²) in [4.78, 5) is 13.4. The van der Waals surface area contributed by atoms with E-state index in [-0.39, 0.29) is 0 Å². The van der Waals surface area contributed by atoms with Crippen LogP contribution in [0.2, 0.25) is 0 Å². The Labute approximate surface area is 103 Å². The van der Waals surface area contributed by atoms with E-state index in [0.29, 0.717) is 12.0 Å². The minimum Gasteiger partial charge on any atom is -0.478 e. The van der Waals surface area contributed by atoms with E-state index in [4.69, 9.17) is 5.11 Å². The smallest absolute Gasteiger partial charge is 0.331 e. The summed E-state index contributed by atoms with van der Waals surface area (Å²) in [6.07, 6.45) is 9.25. The summed E-state index contributed by atoms with van der Waals surface area (Å²) in [5.41, 5.74) is 0.560. The average Bonchev–Trinajstić information content (AvgIpc) is 2.78. The van der Waals surface area contributed by atoms with Gasteiger partial charge in [-0.05, 0) is 44.6 Å². The van der Waals surface area contributed by atoms with Gasteiger partial charge < -0.3 is 5.11 Å². The van der Waals surface area contributed by atoms with E-state index in [0.717, 1.165) is 25.0 Å². The first-order chi connectivity index (χ1) is 8.22. The highest BCUT2D eigenvalue weighted by Crippen LogP contribution is 2.36. The van der Waals surface area contributed by atoms with E-state index in [1.54, 1.807) is 0 Å². The maximum Gasteiger partial charge on any atom is 0.331 e. The maximum absolute atomic E-state index is 10.9. The molecule has 2 atom stereocenters. The number of carboxylic acids is 1. The van der Waals surface area contributed by atoms with E-state index in [2.05, 4.69) is 4.90 Å². The predicted octanol–water partition coefficient (Wildman–Crippen LogP) is 2.67. The fourth-order valence-electron chi connectivity index (χ4n) is 3.39. The number of carbonyl (C=O) groups is 1. The molecule has 1 saturated heterocycles. The molecule has 0 amide bonds. The Kier molecular flexibility index (Phi) is 4.21. The molecule has 2 rings (SSSR count). The summed E-state index contributed by atoms with van der Waals surface area (Å²) in [6, 6.07) is 0.729. The number of carboxylic acid groups (broad SMARTS) is 1. The van der Waals surface area contributed by atoms with Gasteiger partial charge in [-0.15, -0.1) is 0 Å². The predicted molar refractivity (Wildman–Crippen MR) is 67.9 cm³/mol. The SMILES string of the molecule is CCC(=CCN1CCCC2CCCC21)C(=O)O. The van der Waals surface area contributed by atoms with E-state index < -0.39 is 5.97 Å². The first-order valence-corrected chi connectivity index (χ1v) is 6.88. The van der Waals surface area contributed by atoms with Crippen LogP contribution in [-0.2, 0) is 4.79 Å². The Bertz CT molecular complexity index is 311. The molecule has 0 bridgehead atoms. The molecule has 1 saturated carbocycles. The standard InChI is InChI=1S/C14H23NO2/c1-2-11(14(16)17)8-10-15-9-4-6-12-5-3-7-13(12)15/h8,12-13H,2-7,9-10H2,1H3,(H,16,17). The van der Waals surface area contributed by atoms with Crippen molar-refractivity contribution >= 4 is 5.97 Å². The third kappa shape index (κ3) is 2.89. The highest BCUT2D eigenvalue weighted by molar-refractivity contribution is 5.86. The average molecular weight is 237 g/mol. The summed E-state index contributed by atoms with van der Waals surface area (Å²) < 4.78 is 0. The summed E-state index contributed by atoms with van der Waals surface area (Å²) in [5.74, 6) is 0.125. The van der Waals surface area contributed by atoms with Gasteiger partial charge in [-0.2, -0.15) is 0 Å². The fraction of sp³-hybridized carbons (Fsp3) is 0.786. The number of rotatable bonds is 4. The van der Waals surface area contributed by atoms with Crippen LogP contribution >= 0.6 is 0 Å². The molecule has 0 spiro atoms. The third-order valence-corrected chi connectivity index (χ3v) is 4.34. The number of likely N-dealkylation sites (tertiary alicyclic amines) is 1. The van der Waals surface area contributed by atoms with Gasteiger partial charge in [0.05, 0.1) is 0 Å². The van der Waals surface area contributed by atoms with Crippen LogP contribution in [0.25, 0.3) is 0 Å². The van der Waals surface area contributed by atoms with Gasteiger partial charge in [0.2, 0.25) is 0 Å². The van der Waals surface area contributed by atoms with Crippen LogP contribution in [-0.4, -0.2) is 35.1 Å². The van der Waals surface area contributed by atoms with Crippen LogP contribution in [0.4, 0.5) is 0 Å². The second-order valence-corrected chi connectivity index (χ2v) is 5.28. The Morgan fingerprint density at radius 3 is 2.82 bits per heavy atom. The van der Waals surface area contributed by atoms with Crippen molar-refractivity contribution in [3.8, 4) is 0 Å². The van der Waals surface area contributed by atoms with Crippen LogP contribution in [0, 0.1) is 5.92 Å². The van der Waals surface area contributed by atoms with Crippen LogP contribution in [0.1, 0.15) is 45.4 Å². The molecule has 17 heavy (non-hydrogen) atoms. The highest BCUT2D eigenvalue weighted by Gasteiger charge is 2.34. The molecular formula is C14H23NO2. The van der Waals surface area contributed by atoms with E-state index in [1.165, 1.54) is 32.1 Å². The number of nitrogens with zero attached hydrogens (tertiary/aromatic N) is 1. The molecule has 2 aliphatic rings. The second-order valence-electron chi connectivity index (χ2n) is 5.28. The van der Waals surface area contributed by atoms with Gasteiger partial charge >= 0.3 is 5.97 Å². The van der Waals surface area contributed by atoms with Crippen molar-refractivity contribution in [2.75, 3.05) is 13.1 Å². The molecule has 1 N–H and O–H groups in total. The molecule has 1 heterocycles. The summed E-state index contributed by atoms with van der Waals surface area (Å²) in [6.45, 7) is 3.89. The number of hydrogen-bond acceptors (Lipinski definition) is 2. The van der Waals surface area contributed by atoms with Crippen molar-refractivity contribution < 1.29 is 9.90 Å². The third-order valence-electron chi connectivity index (χ3n) is 4.34. The lowest BCUT2D eigenvalue weighted by atomic mass is 9.92. The molecular weight excluding hydrogens is 214 g/mol. The number of hydrogen-bond donors (Lipinski definition) is 1. The molecule has 0 radical (unpaired) electrons. The first kappa shape index (κ1) is 12.6. The monoisotopic (exact) mass is 237 g/mol. The lowest BCUT2D eigenvalue weighted by Gasteiger charge is -2.37. The molecule has 96 valence electrons. The highest BCUT2D eigenvalue weighted by atomic mass is 16.4. The topological polar surface area (TPSA) is 40.5 Å². The Hall–Kier alpha value is -0.830. The molecule has 0 aromatic heterocycles. The molecule has 3 nitrogen and oxygen atoms in total. The molecule has 1 aliphatic carbocycles. The largest absolute Gasteiger partial charge is 0.478 e. The van der Waals surface area contributed by atoms with Gasteiger partial charge in [0.1, 0.15) is 0 Å². The van der Waals surface area contributed by atoms with Gasteiger partial charge in [0.25, 0.3) is 0 Å². The lowest BCUT2D eigenvalue weighted by molar-refractivity contribution is -0.132. The zero-order chi connectivity index (χ0) is 12.3. The molecule has 2 fully saturated rings.